The highest BCUT2D eigenvalue weighted by molar-refractivity contribution is 5.73. The minimum absolute atomic E-state index is 0.0255. The van der Waals surface area contributed by atoms with Crippen molar-refractivity contribution in [2.24, 2.45) is 5.41 Å². The minimum atomic E-state index is 0.0255. The Labute approximate surface area is 111 Å². The molecule has 18 heavy (non-hydrogen) atoms. The third kappa shape index (κ3) is 3.95. The van der Waals surface area contributed by atoms with Crippen LogP contribution in [0.1, 0.15) is 46.5 Å². The molecule has 0 aromatic rings. The molecule has 4 heteroatoms. The molecule has 0 unspecified atom stereocenters. The molecule has 1 amide bonds. The maximum absolute atomic E-state index is 11.2. The average molecular weight is 256 g/mol. The predicted octanol–water partition coefficient (Wildman–Crippen LogP) is 1.39. The summed E-state index contributed by atoms with van der Waals surface area (Å²) in [6.07, 6.45) is 4.04. The first kappa shape index (κ1) is 15.4. The van der Waals surface area contributed by atoms with Crippen LogP contribution in [0.3, 0.4) is 0 Å². The largest absolute Gasteiger partial charge is 0.396 e. The van der Waals surface area contributed by atoms with Gasteiger partial charge < -0.3 is 15.3 Å². The minimum Gasteiger partial charge on any atom is -0.396 e. The third-order valence-corrected chi connectivity index (χ3v) is 4.54. The maximum atomic E-state index is 11.2. The third-order valence-electron chi connectivity index (χ3n) is 4.54. The number of carbonyl (C=O) groups is 1. The van der Waals surface area contributed by atoms with Gasteiger partial charge in [-0.2, -0.15) is 0 Å². The molecule has 1 aliphatic heterocycles. The molecule has 1 heterocycles. The molecule has 0 aromatic carbocycles. The van der Waals surface area contributed by atoms with Gasteiger partial charge in [0.05, 0.1) is 0 Å². The van der Waals surface area contributed by atoms with Crippen LogP contribution in [0.25, 0.3) is 0 Å². The number of nitrogens with one attached hydrogen (secondary N) is 1. The van der Waals surface area contributed by atoms with Gasteiger partial charge in [-0.1, -0.05) is 13.8 Å². The fraction of sp³-hybridized carbons (Fsp3) is 0.929. The Balaban J connectivity index is 2.35. The zero-order valence-electron chi connectivity index (χ0n) is 12.0. The molecule has 2 N–H and O–H groups in total. The standard InChI is InChI=1S/C14H28N2O2/c1-4-14(5-2,11-17)10-15-13-6-8-16(9-7-13)12(3)18/h13,15,17H,4-11H2,1-3H3. The quantitative estimate of drug-likeness (QED) is 0.755. The Morgan fingerprint density at radius 2 is 1.89 bits per heavy atom. The average Bonchev–Trinajstić information content (AvgIpc) is 2.41. The second-order valence-electron chi connectivity index (χ2n) is 5.53. The van der Waals surface area contributed by atoms with Crippen molar-refractivity contribution >= 4 is 5.91 Å². The van der Waals surface area contributed by atoms with Crippen LogP contribution in [0, 0.1) is 5.41 Å². The van der Waals surface area contributed by atoms with Crippen molar-refractivity contribution in [1.29, 1.82) is 0 Å². The zero-order chi connectivity index (χ0) is 13.6. The lowest BCUT2D eigenvalue weighted by atomic mass is 9.83. The highest BCUT2D eigenvalue weighted by atomic mass is 16.3. The monoisotopic (exact) mass is 256 g/mol. The molecule has 0 aromatic heterocycles. The number of amides is 1. The summed E-state index contributed by atoms with van der Waals surface area (Å²) in [6.45, 7) is 8.76. The number of rotatable bonds is 6. The van der Waals surface area contributed by atoms with E-state index in [9.17, 15) is 9.90 Å². The topological polar surface area (TPSA) is 52.6 Å². The first-order valence-electron chi connectivity index (χ1n) is 7.16. The van der Waals surface area contributed by atoms with Gasteiger partial charge in [-0.3, -0.25) is 4.79 Å². The van der Waals surface area contributed by atoms with Crippen LogP contribution < -0.4 is 5.32 Å². The van der Waals surface area contributed by atoms with E-state index in [2.05, 4.69) is 19.2 Å². The number of aliphatic hydroxyl groups is 1. The molecule has 0 atom stereocenters. The lowest BCUT2D eigenvalue weighted by molar-refractivity contribution is -0.129. The van der Waals surface area contributed by atoms with Crippen LogP contribution in [0.5, 0.6) is 0 Å². The summed E-state index contributed by atoms with van der Waals surface area (Å²) >= 11 is 0. The molecule has 0 aliphatic carbocycles. The molecular weight excluding hydrogens is 228 g/mol. The van der Waals surface area contributed by atoms with Gasteiger partial charge in [0, 0.05) is 44.6 Å². The second kappa shape index (κ2) is 7.10. The van der Waals surface area contributed by atoms with Crippen molar-refractivity contribution < 1.29 is 9.90 Å². The van der Waals surface area contributed by atoms with E-state index in [-0.39, 0.29) is 17.9 Å². The number of nitrogens with zero attached hydrogens (tertiary/aromatic N) is 1. The number of piperidine rings is 1. The van der Waals surface area contributed by atoms with Gasteiger partial charge in [0.2, 0.25) is 5.91 Å². The Hall–Kier alpha value is -0.610. The van der Waals surface area contributed by atoms with Crippen LogP contribution in [-0.2, 0) is 4.79 Å². The van der Waals surface area contributed by atoms with Crippen molar-refractivity contribution in [2.45, 2.75) is 52.5 Å². The molecule has 1 fully saturated rings. The van der Waals surface area contributed by atoms with Crippen molar-refractivity contribution in [3.8, 4) is 0 Å². The Kier molecular flexibility index (Phi) is 6.09. The number of likely N-dealkylation sites (tertiary alicyclic amines) is 1. The van der Waals surface area contributed by atoms with Crippen molar-refractivity contribution in [1.82, 2.24) is 10.2 Å². The maximum Gasteiger partial charge on any atom is 0.219 e. The first-order valence-corrected chi connectivity index (χ1v) is 7.16. The summed E-state index contributed by atoms with van der Waals surface area (Å²) in [7, 11) is 0. The first-order chi connectivity index (χ1) is 8.56. The van der Waals surface area contributed by atoms with Crippen molar-refractivity contribution in [3.05, 3.63) is 0 Å². The summed E-state index contributed by atoms with van der Waals surface area (Å²) in [5.74, 6) is 0.181. The molecule has 0 radical (unpaired) electrons. The Bertz CT molecular complexity index is 248. The van der Waals surface area contributed by atoms with E-state index in [0.717, 1.165) is 45.3 Å². The summed E-state index contributed by atoms with van der Waals surface area (Å²) in [5, 5.41) is 13.1. The van der Waals surface area contributed by atoms with E-state index in [0.29, 0.717) is 6.04 Å². The molecular formula is C14H28N2O2. The smallest absolute Gasteiger partial charge is 0.219 e. The number of hydrogen-bond acceptors (Lipinski definition) is 3. The Morgan fingerprint density at radius 1 is 1.33 bits per heavy atom. The van der Waals surface area contributed by atoms with E-state index in [1.54, 1.807) is 6.92 Å². The SMILES string of the molecule is CCC(CC)(CO)CNC1CCN(C(C)=O)CC1. The molecule has 0 spiro atoms. The molecule has 1 rings (SSSR count). The van der Waals surface area contributed by atoms with Gasteiger partial charge in [-0.05, 0) is 25.7 Å². The lowest BCUT2D eigenvalue weighted by Gasteiger charge is -2.36. The molecule has 0 bridgehead atoms. The number of carbonyl (C=O) groups excluding carboxylic acids is 1. The van der Waals surface area contributed by atoms with Crippen molar-refractivity contribution in [3.63, 3.8) is 0 Å². The highest BCUT2D eigenvalue weighted by Gasteiger charge is 2.27. The van der Waals surface area contributed by atoms with Gasteiger partial charge >= 0.3 is 0 Å². The molecule has 1 saturated heterocycles. The van der Waals surface area contributed by atoms with Gasteiger partial charge in [0.1, 0.15) is 0 Å². The van der Waals surface area contributed by atoms with Gasteiger partial charge in [-0.25, -0.2) is 0 Å². The van der Waals surface area contributed by atoms with Crippen LogP contribution in [0.2, 0.25) is 0 Å². The lowest BCUT2D eigenvalue weighted by Crippen LogP contribution is -2.47. The van der Waals surface area contributed by atoms with E-state index >= 15 is 0 Å². The van der Waals surface area contributed by atoms with Crippen LogP contribution in [0.15, 0.2) is 0 Å². The number of aliphatic hydroxyl groups excluding tert-OH is 1. The van der Waals surface area contributed by atoms with E-state index < -0.39 is 0 Å². The highest BCUT2D eigenvalue weighted by Crippen LogP contribution is 2.25. The van der Waals surface area contributed by atoms with Gasteiger partial charge in [0.25, 0.3) is 0 Å². The summed E-state index contributed by atoms with van der Waals surface area (Å²) in [6, 6.07) is 0.490. The molecule has 4 nitrogen and oxygen atoms in total. The van der Waals surface area contributed by atoms with Gasteiger partial charge in [0.15, 0.2) is 0 Å². The molecule has 1 aliphatic rings. The van der Waals surface area contributed by atoms with E-state index in [1.807, 2.05) is 4.90 Å². The summed E-state index contributed by atoms with van der Waals surface area (Å²) in [4.78, 5) is 13.1. The normalized spacial score (nSPS) is 18.1. The zero-order valence-corrected chi connectivity index (χ0v) is 12.0. The predicted molar refractivity (Wildman–Crippen MR) is 73.4 cm³/mol. The molecule has 106 valence electrons. The van der Waals surface area contributed by atoms with Crippen LogP contribution in [0.4, 0.5) is 0 Å². The number of hydrogen-bond donors (Lipinski definition) is 2. The summed E-state index contributed by atoms with van der Waals surface area (Å²) < 4.78 is 0. The fourth-order valence-electron chi connectivity index (χ4n) is 2.54. The van der Waals surface area contributed by atoms with Crippen LogP contribution in [-0.4, -0.2) is 48.2 Å². The van der Waals surface area contributed by atoms with E-state index in [1.165, 1.54) is 0 Å². The van der Waals surface area contributed by atoms with Gasteiger partial charge in [-0.15, -0.1) is 0 Å². The Morgan fingerprint density at radius 3 is 2.28 bits per heavy atom. The second-order valence-corrected chi connectivity index (χ2v) is 5.53. The van der Waals surface area contributed by atoms with E-state index in [4.69, 9.17) is 0 Å². The molecule has 0 saturated carbocycles. The van der Waals surface area contributed by atoms with Crippen LogP contribution >= 0.6 is 0 Å². The fourth-order valence-corrected chi connectivity index (χ4v) is 2.54. The van der Waals surface area contributed by atoms with Crippen molar-refractivity contribution in [2.75, 3.05) is 26.2 Å². The summed E-state index contributed by atoms with van der Waals surface area (Å²) in [5.41, 5.74) is 0.0255.